The number of hydrogen-bond acceptors (Lipinski definition) is 3. The lowest BCUT2D eigenvalue weighted by Gasteiger charge is -2.04. The molecular formula is C13H17IN4S. The molecule has 2 rings (SSSR count). The zero-order valence-electron chi connectivity index (χ0n) is 10.7. The average molecular weight is 388 g/mol. The topological polar surface area (TPSA) is 63.3 Å². The zero-order valence-corrected chi connectivity index (χ0v) is 13.8. The van der Waals surface area contributed by atoms with Gasteiger partial charge in [0.2, 0.25) is 0 Å². The molecule has 102 valence electrons. The molecule has 0 radical (unpaired) electrons. The third-order valence-corrected chi connectivity index (χ3v) is 3.40. The van der Waals surface area contributed by atoms with Gasteiger partial charge in [-0.3, -0.25) is 0 Å². The second kappa shape index (κ2) is 8.11. The molecule has 0 aliphatic carbocycles. The highest BCUT2D eigenvalue weighted by atomic mass is 127. The van der Waals surface area contributed by atoms with E-state index in [9.17, 15) is 0 Å². The fraction of sp³-hybridized carbons (Fsp3) is 0.231. The van der Waals surface area contributed by atoms with Gasteiger partial charge in [0.15, 0.2) is 5.96 Å². The first-order chi connectivity index (χ1) is 8.78. The molecule has 19 heavy (non-hydrogen) atoms. The third-order valence-electron chi connectivity index (χ3n) is 2.36. The Bertz CT molecular complexity index is 524. The number of aromatic nitrogens is 1. The van der Waals surface area contributed by atoms with E-state index in [1.807, 2.05) is 35.7 Å². The van der Waals surface area contributed by atoms with Gasteiger partial charge in [0.05, 0.1) is 17.2 Å². The smallest absolute Gasteiger partial charge is 0.193 e. The highest BCUT2D eigenvalue weighted by molar-refractivity contribution is 14.0. The van der Waals surface area contributed by atoms with Crippen molar-refractivity contribution in [2.24, 2.45) is 10.7 Å². The van der Waals surface area contributed by atoms with Gasteiger partial charge in [-0.15, -0.1) is 35.3 Å². The summed E-state index contributed by atoms with van der Waals surface area (Å²) in [7, 11) is 0. The summed E-state index contributed by atoms with van der Waals surface area (Å²) in [5, 5.41) is 6.20. The van der Waals surface area contributed by atoms with Crippen LogP contribution in [0.4, 0.5) is 5.69 Å². The van der Waals surface area contributed by atoms with Crippen molar-refractivity contribution in [3.8, 4) is 0 Å². The summed E-state index contributed by atoms with van der Waals surface area (Å²) in [4.78, 5) is 8.70. The number of hydrogen-bond donors (Lipinski definition) is 2. The molecule has 1 aromatic carbocycles. The van der Waals surface area contributed by atoms with Gasteiger partial charge >= 0.3 is 0 Å². The summed E-state index contributed by atoms with van der Waals surface area (Å²) in [6.45, 7) is 2.61. The van der Waals surface area contributed by atoms with E-state index in [1.54, 1.807) is 11.3 Å². The minimum Gasteiger partial charge on any atom is -0.370 e. The predicted octanol–water partition coefficient (Wildman–Crippen LogP) is 3.25. The molecule has 0 fully saturated rings. The van der Waals surface area contributed by atoms with Crippen molar-refractivity contribution < 1.29 is 0 Å². The summed E-state index contributed by atoms with van der Waals surface area (Å²) in [5.41, 5.74) is 7.71. The van der Waals surface area contributed by atoms with Gasteiger partial charge < -0.3 is 11.1 Å². The molecule has 2 aromatic rings. The lowest BCUT2D eigenvalue weighted by Crippen LogP contribution is -2.22. The Balaban J connectivity index is 0.00000180. The first-order valence-electron chi connectivity index (χ1n) is 5.83. The largest absolute Gasteiger partial charge is 0.370 e. The normalized spacial score (nSPS) is 10.9. The zero-order chi connectivity index (χ0) is 12.8. The number of guanidine groups is 1. The van der Waals surface area contributed by atoms with E-state index in [0.29, 0.717) is 12.5 Å². The summed E-state index contributed by atoms with van der Waals surface area (Å²) < 4.78 is 0. The summed E-state index contributed by atoms with van der Waals surface area (Å²) in [6.07, 6.45) is 0.964. The predicted molar refractivity (Wildman–Crippen MR) is 92.3 cm³/mol. The Hall–Kier alpha value is -1.15. The van der Waals surface area contributed by atoms with Crippen LogP contribution in [0.1, 0.15) is 17.6 Å². The highest BCUT2D eigenvalue weighted by Gasteiger charge is 1.99. The second-order valence-electron chi connectivity index (χ2n) is 3.78. The van der Waals surface area contributed by atoms with Crippen LogP contribution in [0.15, 0.2) is 40.7 Å². The second-order valence-corrected chi connectivity index (χ2v) is 4.72. The van der Waals surface area contributed by atoms with Gasteiger partial charge in [0.1, 0.15) is 0 Å². The van der Waals surface area contributed by atoms with Crippen LogP contribution in [0.3, 0.4) is 0 Å². The highest BCUT2D eigenvalue weighted by Crippen LogP contribution is 2.11. The number of thiazole rings is 1. The number of anilines is 1. The monoisotopic (exact) mass is 388 g/mol. The summed E-state index contributed by atoms with van der Waals surface area (Å²) in [5.74, 6) is 0.409. The van der Waals surface area contributed by atoms with Crippen molar-refractivity contribution in [2.75, 3.05) is 5.32 Å². The van der Waals surface area contributed by atoms with Crippen molar-refractivity contribution in [2.45, 2.75) is 19.9 Å². The fourth-order valence-electron chi connectivity index (χ4n) is 1.46. The van der Waals surface area contributed by atoms with Crippen molar-refractivity contribution in [1.29, 1.82) is 0 Å². The average Bonchev–Trinajstić information content (AvgIpc) is 2.85. The van der Waals surface area contributed by atoms with E-state index in [0.717, 1.165) is 22.8 Å². The van der Waals surface area contributed by atoms with Crippen LogP contribution in [0.5, 0.6) is 0 Å². The van der Waals surface area contributed by atoms with Crippen LogP contribution >= 0.6 is 35.3 Å². The molecule has 0 atom stereocenters. The van der Waals surface area contributed by atoms with Gasteiger partial charge in [-0.25, -0.2) is 9.98 Å². The molecule has 0 bridgehead atoms. The number of halogens is 1. The van der Waals surface area contributed by atoms with E-state index < -0.39 is 0 Å². The molecule has 4 nitrogen and oxygen atoms in total. The molecule has 0 aliphatic heterocycles. The minimum atomic E-state index is 0. The Morgan fingerprint density at radius 3 is 2.74 bits per heavy atom. The number of benzene rings is 1. The first-order valence-corrected chi connectivity index (χ1v) is 6.71. The quantitative estimate of drug-likeness (QED) is 0.480. The standard InChI is InChI=1S/C13H16N4S.HI/c1-2-12-16-11(9-18-12)8-15-13(14)17-10-6-4-3-5-7-10;/h3-7,9H,2,8H2,1H3,(H3,14,15,17);1H. The maximum absolute atomic E-state index is 5.81. The van der Waals surface area contributed by atoms with Crippen LogP contribution in [-0.2, 0) is 13.0 Å². The van der Waals surface area contributed by atoms with Gasteiger partial charge in [-0.2, -0.15) is 0 Å². The molecule has 0 spiro atoms. The molecule has 1 aromatic heterocycles. The maximum Gasteiger partial charge on any atom is 0.193 e. The molecule has 1 heterocycles. The molecule has 3 N–H and O–H groups in total. The van der Waals surface area contributed by atoms with E-state index in [-0.39, 0.29) is 24.0 Å². The molecule has 6 heteroatoms. The number of nitrogens with zero attached hydrogens (tertiary/aromatic N) is 2. The van der Waals surface area contributed by atoms with E-state index in [1.165, 1.54) is 0 Å². The maximum atomic E-state index is 5.81. The van der Waals surface area contributed by atoms with Crippen LogP contribution in [0.25, 0.3) is 0 Å². The van der Waals surface area contributed by atoms with Gasteiger partial charge in [-0.1, -0.05) is 25.1 Å². The summed E-state index contributed by atoms with van der Waals surface area (Å²) >= 11 is 1.66. The van der Waals surface area contributed by atoms with Gasteiger partial charge in [0.25, 0.3) is 0 Å². The van der Waals surface area contributed by atoms with E-state index in [2.05, 4.69) is 22.2 Å². The number of para-hydroxylation sites is 1. The summed E-state index contributed by atoms with van der Waals surface area (Å²) in [6, 6.07) is 9.74. The molecule has 0 saturated carbocycles. The van der Waals surface area contributed by atoms with Crippen LogP contribution < -0.4 is 11.1 Å². The fourth-order valence-corrected chi connectivity index (χ4v) is 2.19. The Kier molecular flexibility index (Phi) is 6.79. The van der Waals surface area contributed by atoms with E-state index in [4.69, 9.17) is 5.73 Å². The number of aliphatic imine (C=N–C) groups is 1. The van der Waals surface area contributed by atoms with Crippen LogP contribution in [0, 0.1) is 0 Å². The van der Waals surface area contributed by atoms with Crippen molar-refractivity contribution in [1.82, 2.24) is 4.98 Å². The molecule has 0 amide bonds. The van der Waals surface area contributed by atoms with Crippen molar-refractivity contribution >= 4 is 47.0 Å². The van der Waals surface area contributed by atoms with Crippen molar-refractivity contribution in [3.05, 3.63) is 46.4 Å². The number of rotatable bonds is 4. The SMILES string of the molecule is CCc1nc(CN=C(N)Nc2ccccc2)cs1.I. The minimum absolute atomic E-state index is 0. The van der Waals surface area contributed by atoms with Gasteiger partial charge in [-0.05, 0) is 18.6 Å². The third kappa shape index (κ3) is 5.15. The number of nitrogens with one attached hydrogen (secondary N) is 1. The Morgan fingerprint density at radius 2 is 2.11 bits per heavy atom. The Morgan fingerprint density at radius 1 is 1.37 bits per heavy atom. The van der Waals surface area contributed by atoms with Crippen LogP contribution in [0.2, 0.25) is 0 Å². The molecule has 0 aliphatic rings. The molecule has 0 saturated heterocycles. The van der Waals surface area contributed by atoms with Crippen molar-refractivity contribution in [3.63, 3.8) is 0 Å². The molecule has 0 unspecified atom stereocenters. The Labute approximate surface area is 134 Å². The number of nitrogens with two attached hydrogens (primary N) is 1. The van der Waals surface area contributed by atoms with Crippen LogP contribution in [-0.4, -0.2) is 10.9 Å². The lowest BCUT2D eigenvalue weighted by molar-refractivity contribution is 0.969. The molecular weight excluding hydrogens is 371 g/mol. The lowest BCUT2D eigenvalue weighted by atomic mass is 10.3. The first kappa shape index (κ1) is 15.9. The van der Waals surface area contributed by atoms with Gasteiger partial charge in [0, 0.05) is 11.1 Å². The van der Waals surface area contributed by atoms with E-state index >= 15 is 0 Å². The number of aryl methyl sites for hydroxylation is 1.